The van der Waals surface area contributed by atoms with Gasteiger partial charge < -0.3 is 4.90 Å². The number of anilines is 1. The zero-order valence-electron chi connectivity index (χ0n) is 11.7. The van der Waals surface area contributed by atoms with Crippen molar-refractivity contribution in [3.05, 3.63) is 22.6 Å². The molecule has 0 bridgehead atoms. The second kappa shape index (κ2) is 5.34. The molecular formula is C13H15N3O2S2. The van der Waals surface area contributed by atoms with Crippen molar-refractivity contribution in [1.29, 1.82) is 0 Å². The van der Waals surface area contributed by atoms with E-state index in [1.807, 2.05) is 31.1 Å². The summed E-state index contributed by atoms with van der Waals surface area (Å²) in [7, 11) is 7.03. The molecular weight excluding hydrogens is 294 g/mol. The van der Waals surface area contributed by atoms with E-state index in [1.54, 1.807) is 20.2 Å². The van der Waals surface area contributed by atoms with Crippen molar-refractivity contribution in [1.82, 2.24) is 9.80 Å². The molecule has 20 heavy (non-hydrogen) atoms. The second-order valence-electron chi connectivity index (χ2n) is 4.64. The summed E-state index contributed by atoms with van der Waals surface area (Å²) in [5.41, 5.74) is 0.135. The van der Waals surface area contributed by atoms with Gasteiger partial charge >= 0.3 is 0 Å². The molecule has 0 N–H and O–H groups in total. The maximum atomic E-state index is 12.2. The lowest BCUT2D eigenvalue weighted by Gasteiger charge is -2.31. The molecule has 1 saturated heterocycles. The van der Waals surface area contributed by atoms with Crippen LogP contribution < -0.4 is 4.90 Å². The van der Waals surface area contributed by atoms with E-state index in [2.05, 4.69) is 0 Å². The zero-order valence-corrected chi connectivity index (χ0v) is 13.3. The first-order chi connectivity index (χ1) is 9.32. The van der Waals surface area contributed by atoms with Crippen LogP contribution in [0.3, 0.4) is 0 Å². The van der Waals surface area contributed by atoms with Gasteiger partial charge in [0, 0.05) is 33.1 Å². The van der Waals surface area contributed by atoms with Crippen LogP contribution in [0.5, 0.6) is 0 Å². The molecule has 1 aromatic heterocycles. The van der Waals surface area contributed by atoms with E-state index in [0.717, 1.165) is 9.88 Å². The molecule has 2 rings (SSSR count). The van der Waals surface area contributed by atoms with Crippen molar-refractivity contribution in [2.45, 2.75) is 0 Å². The van der Waals surface area contributed by atoms with E-state index >= 15 is 0 Å². The highest BCUT2D eigenvalue weighted by atomic mass is 32.1. The maximum absolute atomic E-state index is 12.2. The lowest BCUT2D eigenvalue weighted by molar-refractivity contribution is -0.132. The molecule has 0 spiro atoms. The topological polar surface area (TPSA) is 43.9 Å². The van der Waals surface area contributed by atoms with E-state index in [-0.39, 0.29) is 22.5 Å². The molecule has 7 heteroatoms. The zero-order chi connectivity index (χ0) is 15.0. The van der Waals surface area contributed by atoms with Gasteiger partial charge in [-0.3, -0.25) is 19.4 Å². The Labute approximate surface area is 127 Å². The molecule has 0 unspecified atom stereocenters. The highest BCUT2D eigenvalue weighted by Crippen LogP contribution is 2.27. The molecule has 0 atom stereocenters. The maximum Gasteiger partial charge on any atom is 0.265 e. The molecule has 0 saturated carbocycles. The highest BCUT2D eigenvalue weighted by Gasteiger charge is 2.35. The Hall–Kier alpha value is -1.73. The van der Waals surface area contributed by atoms with Crippen LogP contribution in [0.25, 0.3) is 6.08 Å². The number of carbonyl (C=O) groups is 2. The van der Waals surface area contributed by atoms with Gasteiger partial charge in [-0.15, -0.1) is 11.3 Å². The molecule has 0 aromatic carbocycles. The van der Waals surface area contributed by atoms with Gasteiger partial charge in [0.05, 0.1) is 5.00 Å². The van der Waals surface area contributed by atoms with Crippen molar-refractivity contribution in [3.63, 3.8) is 0 Å². The van der Waals surface area contributed by atoms with Crippen molar-refractivity contribution in [2.24, 2.45) is 0 Å². The lowest BCUT2D eigenvalue weighted by Crippen LogP contribution is -2.52. The highest BCUT2D eigenvalue weighted by molar-refractivity contribution is 7.80. The van der Waals surface area contributed by atoms with E-state index in [9.17, 15) is 9.59 Å². The van der Waals surface area contributed by atoms with Crippen molar-refractivity contribution in [2.75, 3.05) is 33.1 Å². The van der Waals surface area contributed by atoms with Crippen LogP contribution in [0.1, 0.15) is 4.88 Å². The van der Waals surface area contributed by atoms with Gasteiger partial charge in [-0.1, -0.05) is 0 Å². The summed E-state index contributed by atoms with van der Waals surface area (Å²) in [5.74, 6) is -0.726. The summed E-state index contributed by atoms with van der Waals surface area (Å²) in [4.78, 5) is 29.8. The molecule has 1 aromatic rings. The van der Waals surface area contributed by atoms with Crippen molar-refractivity contribution >= 4 is 51.6 Å². The predicted octanol–water partition coefficient (Wildman–Crippen LogP) is 1.41. The quantitative estimate of drug-likeness (QED) is 0.471. The summed E-state index contributed by atoms with van der Waals surface area (Å²) >= 11 is 6.56. The third-order valence-corrected chi connectivity index (χ3v) is 4.73. The Morgan fingerprint density at radius 1 is 1.15 bits per heavy atom. The minimum Gasteiger partial charge on any atom is -0.370 e. The Morgan fingerprint density at radius 2 is 1.70 bits per heavy atom. The first-order valence-corrected chi connectivity index (χ1v) is 7.14. The number of amides is 2. The van der Waals surface area contributed by atoms with Gasteiger partial charge in [0.15, 0.2) is 5.11 Å². The fourth-order valence-corrected chi connectivity index (χ4v) is 2.82. The predicted molar refractivity (Wildman–Crippen MR) is 84.8 cm³/mol. The van der Waals surface area contributed by atoms with Crippen LogP contribution in [0.4, 0.5) is 5.00 Å². The van der Waals surface area contributed by atoms with Gasteiger partial charge in [-0.05, 0) is 30.4 Å². The van der Waals surface area contributed by atoms with E-state index in [0.29, 0.717) is 0 Å². The Balaban J connectivity index is 2.38. The third-order valence-electron chi connectivity index (χ3n) is 2.98. The molecule has 1 aliphatic heterocycles. The summed E-state index contributed by atoms with van der Waals surface area (Å²) in [5, 5.41) is 1.28. The molecule has 0 radical (unpaired) electrons. The number of nitrogens with zero attached hydrogens (tertiary/aromatic N) is 3. The molecule has 1 aliphatic rings. The van der Waals surface area contributed by atoms with Crippen molar-refractivity contribution < 1.29 is 9.59 Å². The molecule has 1 fully saturated rings. The number of thiophene rings is 1. The smallest absolute Gasteiger partial charge is 0.265 e. The second-order valence-corrected chi connectivity index (χ2v) is 6.10. The standard InChI is InChI=1S/C13H15N3O2S2/c1-14(2)10-6-5-8(20-10)7-9-11(17)15(3)13(19)16(4)12(9)18/h5-7H,1-4H3. The summed E-state index contributed by atoms with van der Waals surface area (Å²) in [6, 6.07) is 3.84. The van der Waals surface area contributed by atoms with E-state index in [1.165, 1.54) is 21.1 Å². The van der Waals surface area contributed by atoms with Gasteiger partial charge in [-0.25, -0.2) is 0 Å². The fourth-order valence-electron chi connectivity index (χ4n) is 1.78. The van der Waals surface area contributed by atoms with Crippen LogP contribution in [0.15, 0.2) is 17.7 Å². The summed E-state index contributed by atoms with van der Waals surface area (Å²) in [6.45, 7) is 0. The Kier molecular flexibility index (Phi) is 3.92. The number of rotatable bonds is 2. The molecule has 2 amide bonds. The SMILES string of the molecule is CN1C(=O)C(=Cc2ccc(N(C)C)s2)C(=O)N(C)C1=S. The van der Waals surface area contributed by atoms with Crippen LogP contribution in [0, 0.1) is 0 Å². The van der Waals surface area contributed by atoms with Crippen molar-refractivity contribution in [3.8, 4) is 0 Å². The van der Waals surface area contributed by atoms with Crippen LogP contribution >= 0.6 is 23.6 Å². The largest absolute Gasteiger partial charge is 0.370 e. The Bertz CT molecular complexity index is 593. The van der Waals surface area contributed by atoms with E-state index in [4.69, 9.17) is 12.2 Å². The van der Waals surface area contributed by atoms with Gasteiger partial charge in [0.2, 0.25) is 0 Å². The minimum atomic E-state index is -0.363. The van der Waals surface area contributed by atoms with Gasteiger partial charge in [0.25, 0.3) is 11.8 Å². The van der Waals surface area contributed by atoms with Crippen LogP contribution in [-0.4, -0.2) is 54.9 Å². The monoisotopic (exact) mass is 309 g/mol. The molecule has 0 aliphatic carbocycles. The molecule has 5 nitrogen and oxygen atoms in total. The normalized spacial score (nSPS) is 16.0. The average Bonchev–Trinajstić information content (AvgIpc) is 2.88. The van der Waals surface area contributed by atoms with Crippen LogP contribution in [0.2, 0.25) is 0 Å². The van der Waals surface area contributed by atoms with E-state index < -0.39 is 0 Å². The van der Waals surface area contributed by atoms with Gasteiger partial charge in [0.1, 0.15) is 5.57 Å². The summed E-state index contributed by atoms with van der Waals surface area (Å²) < 4.78 is 0. The number of hydrogen-bond acceptors (Lipinski definition) is 5. The first kappa shape index (κ1) is 14.7. The summed E-state index contributed by atoms with van der Waals surface area (Å²) in [6.07, 6.45) is 1.62. The molecule has 2 heterocycles. The third kappa shape index (κ3) is 2.46. The minimum absolute atomic E-state index is 0.135. The molecule has 106 valence electrons. The van der Waals surface area contributed by atoms with Crippen LogP contribution in [-0.2, 0) is 9.59 Å². The number of hydrogen-bond donors (Lipinski definition) is 0. The fraction of sp³-hybridized carbons (Fsp3) is 0.308. The average molecular weight is 309 g/mol. The number of likely N-dealkylation sites (N-methyl/N-ethyl adjacent to an activating group) is 2. The first-order valence-electron chi connectivity index (χ1n) is 5.92. The number of thiocarbonyl (C=S) groups is 1. The number of carbonyl (C=O) groups excluding carboxylic acids is 2. The Morgan fingerprint density at radius 3 is 2.15 bits per heavy atom. The lowest BCUT2D eigenvalue weighted by atomic mass is 10.1. The van der Waals surface area contributed by atoms with Gasteiger partial charge in [-0.2, -0.15) is 0 Å².